The maximum Gasteiger partial charge on any atom is 0.0619 e. The summed E-state index contributed by atoms with van der Waals surface area (Å²) in [6, 6.07) is 0.517. The van der Waals surface area contributed by atoms with Gasteiger partial charge >= 0.3 is 0 Å². The van der Waals surface area contributed by atoms with E-state index in [2.05, 4.69) is 23.5 Å². The summed E-state index contributed by atoms with van der Waals surface area (Å²) in [5.74, 6) is 0. The van der Waals surface area contributed by atoms with Crippen molar-refractivity contribution in [2.24, 2.45) is 0 Å². The standard InChI is InChI=1S/C12H21N3O/c1-2-5-15-9-11(8-14-15)7-13-12-4-3-6-16-10-12/h8-9,12-13H,2-7,10H2,1H3. The molecular weight excluding hydrogens is 202 g/mol. The van der Waals surface area contributed by atoms with Crippen molar-refractivity contribution in [1.82, 2.24) is 15.1 Å². The second-order valence-corrected chi connectivity index (χ2v) is 4.41. The van der Waals surface area contributed by atoms with Gasteiger partial charge in [0, 0.05) is 37.5 Å². The zero-order valence-electron chi connectivity index (χ0n) is 9.98. The van der Waals surface area contributed by atoms with Gasteiger partial charge in [0.05, 0.1) is 12.8 Å². The van der Waals surface area contributed by atoms with Crippen LogP contribution in [0.15, 0.2) is 12.4 Å². The predicted octanol–water partition coefficient (Wildman–Crippen LogP) is 1.56. The molecule has 1 aliphatic heterocycles. The van der Waals surface area contributed by atoms with Crippen molar-refractivity contribution in [3.8, 4) is 0 Å². The molecule has 1 aromatic rings. The van der Waals surface area contributed by atoms with E-state index in [9.17, 15) is 0 Å². The zero-order valence-corrected chi connectivity index (χ0v) is 9.98. The first-order chi connectivity index (χ1) is 7.88. The van der Waals surface area contributed by atoms with Crippen LogP contribution >= 0.6 is 0 Å². The van der Waals surface area contributed by atoms with Gasteiger partial charge in [-0.2, -0.15) is 5.10 Å². The van der Waals surface area contributed by atoms with E-state index < -0.39 is 0 Å². The number of ether oxygens (including phenoxy) is 1. The monoisotopic (exact) mass is 223 g/mol. The van der Waals surface area contributed by atoms with Gasteiger partial charge in [0.1, 0.15) is 0 Å². The molecule has 1 N–H and O–H groups in total. The Bertz CT molecular complexity index is 305. The normalized spacial score (nSPS) is 21.2. The molecular formula is C12H21N3O. The number of nitrogens with zero attached hydrogens (tertiary/aromatic N) is 2. The highest BCUT2D eigenvalue weighted by atomic mass is 16.5. The van der Waals surface area contributed by atoms with Crippen LogP contribution in [0.25, 0.3) is 0 Å². The lowest BCUT2D eigenvalue weighted by Crippen LogP contribution is -2.36. The van der Waals surface area contributed by atoms with Gasteiger partial charge in [-0.15, -0.1) is 0 Å². The quantitative estimate of drug-likeness (QED) is 0.823. The number of hydrogen-bond donors (Lipinski definition) is 1. The van der Waals surface area contributed by atoms with Crippen LogP contribution in [0, 0.1) is 0 Å². The van der Waals surface area contributed by atoms with E-state index in [1.165, 1.54) is 18.4 Å². The first kappa shape index (κ1) is 11.6. The summed E-state index contributed by atoms with van der Waals surface area (Å²) in [6.07, 6.45) is 7.60. The van der Waals surface area contributed by atoms with Gasteiger partial charge in [-0.25, -0.2) is 0 Å². The van der Waals surface area contributed by atoms with Gasteiger partial charge in [0.2, 0.25) is 0 Å². The lowest BCUT2D eigenvalue weighted by atomic mass is 10.1. The molecule has 1 saturated heterocycles. The van der Waals surface area contributed by atoms with Gasteiger partial charge in [-0.05, 0) is 19.3 Å². The number of aromatic nitrogens is 2. The first-order valence-corrected chi connectivity index (χ1v) is 6.21. The molecule has 0 aromatic carbocycles. The first-order valence-electron chi connectivity index (χ1n) is 6.21. The summed E-state index contributed by atoms with van der Waals surface area (Å²) < 4.78 is 7.44. The molecule has 1 atom stereocenters. The third kappa shape index (κ3) is 3.32. The summed E-state index contributed by atoms with van der Waals surface area (Å²) in [4.78, 5) is 0. The van der Waals surface area contributed by atoms with Crippen molar-refractivity contribution in [2.45, 2.75) is 45.3 Å². The predicted molar refractivity (Wildman–Crippen MR) is 63.2 cm³/mol. The van der Waals surface area contributed by atoms with Gasteiger partial charge in [0.15, 0.2) is 0 Å². The molecule has 90 valence electrons. The van der Waals surface area contributed by atoms with Crippen LogP contribution in [0.4, 0.5) is 0 Å². The molecule has 1 unspecified atom stereocenters. The molecule has 2 heterocycles. The molecule has 0 bridgehead atoms. The molecule has 2 rings (SSSR count). The van der Waals surface area contributed by atoms with E-state index in [1.54, 1.807) is 0 Å². The largest absolute Gasteiger partial charge is 0.380 e. The lowest BCUT2D eigenvalue weighted by molar-refractivity contribution is 0.0699. The fraction of sp³-hybridized carbons (Fsp3) is 0.750. The Hall–Kier alpha value is -0.870. The van der Waals surface area contributed by atoms with E-state index in [-0.39, 0.29) is 0 Å². The SMILES string of the molecule is CCCn1cc(CNC2CCCOC2)cn1. The van der Waals surface area contributed by atoms with Crippen LogP contribution in [-0.2, 0) is 17.8 Å². The highest BCUT2D eigenvalue weighted by molar-refractivity contribution is 5.03. The third-order valence-electron chi connectivity index (χ3n) is 2.89. The van der Waals surface area contributed by atoms with Crippen LogP contribution in [-0.4, -0.2) is 29.0 Å². The summed E-state index contributed by atoms with van der Waals surface area (Å²) in [7, 11) is 0. The molecule has 0 amide bonds. The van der Waals surface area contributed by atoms with Gasteiger partial charge in [-0.3, -0.25) is 4.68 Å². The molecule has 16 heavy (non-hydrogen) atoms. The van der Waals surface area contributed by atoms with Crippen molar-refractivity contribution in [3.63, 3.8) is 0 Å². The van der Waals surface area contributed by atoms with E-state index in [4.69, 9.17) is 4.74 Å². The smallest absolute Gasteiger partial charge is 0.0619 e. The highest BCUT2D eigenvalue weighted by Crippen LogP contribution is 2.07. The van der Waals surface area contributed by atoms with E-state index in [0.717, 1.165) is 32.7 Å². The molecule has 0 radical (unpaired) electrons. The number of aryl methyl sites for hydroxylation is 1. The van der Waals surface area contributed by atoms with Gasteiger partial charge < -0.3 is 10.1 Å². The molecule has 1 aromatic heterocycles. The van der Waals surface area contributed by atoms with E-state index in [0.29, 0.717) is 6.04 Å². The number of rotatable bonds is 5. The minimum atomic E-state index is 0.517. The average molecular weight is 223 g/mol. The number of nitrogens with one attached hydrogen (secondary N) is 1. The van der Waals surface area contributed by atoms with E-state index >= 15 is 0 Å². The van der Waals surface area contributed by atoms with Crippen LogP contribution in [0.1, 0.15) is 31.7 Å². The summed E-state index contributed by atoms with van der Waals surface area (Å²) in [5.41, 5.74) is 1.26. The summed E-state index contributed by atoms with van der Waals surface area (Å²) in [5, 5.41) is 7.83. The lowest BCUT2D eigenvalue weighted by Gasteiger charge is -2.22. The van der Waals surface area contributed by atoms with E-state index in [1.807, 2.05) is 10.9 Å². The Balaban J connectivity index is 1.75. The maximum atomic E-state index is 5.43. The van der Waals surface area contributed by atoms with Gasteiger partial charge in [-0.1, -0.05) is 6.92 Å². The molecule has 4 nitrogen and oxygen atoms in total. The van der Waals surface area contributed by atoms with Crippen molar-refractivity contribution in [1.29, 1.82) is 0 Å². The fourth-order valence-electron chi connectivity index (χ4n) is 2.01. The fourth-order valence-corrected chi connectivity index (χ4v) is 2.01. The second kappa shape index (κ2) is 6.01. The Morgan fingerprint density at radius 2 is 2.56 bits per heavy atom. The molecule has 4 heteroatoms. The highest BCUT2D eigenvalue weighted by Gasteiger charge is 2.12. The van der Waals surface area contributed by atoms with Crippen molar-refractivity contribution in [3.05, 3.63) is 18.0 Å². The Kier molecular flexibility index (Phi) is 4.36. The molecule has 1 fully saturated rings. The van der Waals surface area contributed by atoms with Crippen LogP contribution < -0.4 is 5.32 Å². The Labute approximate surface area is 97.0 Å². The third-order valence-corrected chi connectivity index (χ3v) is 2.89. The van der Waals surface area contributed by atoms with Crippen LogP contribution in [0.3, 0.4) is 0 Å². The molecule has 0 spiro atoms. The average Bonchev–Trinajstić information content (AvgIpc) is 2.76. The van der Waals surface area contributed by atoms with Gasteiger partial charge in [0.25, 0.3) is 0 Å². The van der Waals surface area contributed by atoms with Crippen molar-refractivity contribution < 1.29 is 4.74 Å². The van der Waals surface area contributed by atoms with Crippen LogP contribution in [0.5, 0.6) is 0 Å². The zero-order chi connectivity index (χ0) is 11.2. The number of hydrogen-bond acceptors (Lipinski definition) is 3. The van der Waals surface area contributed by atoms with Crippen molar-refractivity contribution >= 4 is 0 Å². The van der Waals surface area contributed by atoms with Crippen LogP contribution in [0.2, 0.25) is 0 Å². The maximum absolute atomic E-state index is 5.43. The Morgan fingerprint density at radius 3 is 3.31 bits per heavy atom. The minimum Gasteiger partial charge on any atom is -0.380 e. The Morgan fingerprint density at radius 1 is 1.62 bits per heavy atom. The topological polar surface area (TPSA) is 39.1 Å². The summed E-state index contributed by atoms with van der Waals surface area (Å²) in [6.45, 7) is 5.85. The minimum absolute atomic E-state index is 0.517. The van der Waals surface area contributed by atoms with Crippen molar-refractivity contribution in [2.75, 3.05) is 13.2 Å². The molecule has 0 saturated carbocycles. The summed E-state index contributed by atoms with van der Waals surface area (Å²) >= 11 is 0. The molecule has 0 aliphatic carbocycles. The molecule has 1 aliphatic rings. The second-order valence-electron chi connectivity index (χ2n) is 4.41.